The van der Waals surface area contributed by atoms with Crippen molar-refractivity contribution in [3.63, 3.8) is 0 Å². The van der Waals surface area contributed by atoms with Crippen LogP contribution in [-0.2, 0) is 23.3 Å². The highest BCUT2D eigenvalue weighted by atomic mass is 32.2. The molecule has 0 aliphatic heterocycles. The first-order valence-electron chi connectivity index (χ1n) is 7.00. The van der Waals surface area contributed by atoms with E-state index in [-0.39, 0.29) is 12.5 Å². The fourth-order valence-electron chi connectivity index (χ4n) is 1.82. The highest BCUT2D eigenvalue weighted by Gasteiger charge is 2.40. The van der Waals surface area contributed by atoms with Crippen LogP contribution in [-0.4, -0.2) is 13.9 Å². The number of hydrogen-bond acceptors (Lipinski definition) is 2. The lowest BCUT2D eigenvalue weighted by Gasteiger charge is -2.26. The average Bonchev–Trinajstić information content (AvgIpc) is 2.40. The highest BCUT2D eigenvalue weighted by molar-refractivity contribution is 7.84. The SMILES string of the molecule is CC[C@@H](N[S@@](=O)C(C)(C)C)c1cnc(C(F)(F)F)cc1C(F)(F)F. The van der Waals surface area contributed by atoms with E-state index in [0.717, 1.165) is 0 Å². The van der Waals surface area contributed by atoms with E-state index in [0.29, 0.717) is 6.20 Å². The summed E-state index contributed by atoms with van der Waals surface area (Å²) in [7, 11) is -1.69. The Hall–Kier alpha value is -1.16. The second-order valence-electron chi connectivity index (χ2n) is 6.11. The van der Waals surface area contributed by atoms with Gasteiger partial charge in [-0.1, -0.05) is 6.92 Å². The first-order valence-corrected chi connectivity index (χ1v) is 8.15. The molecule has 1 heterocycles. The predicted molar refractivity (Wildman–Crippen MR) is 78.3 cm³/mol. The van der Waals surface area contributed by atoms with Gasteiger partial charge in [0.25, 0.3) is 0 Å². The maximum Gasteiger partial charge on any atom is 0.433 e. The van der Waals surface area contributed by atoms with Crippen LogP contribution >= 0.6 is 0 Å². The van der Waals surface area contributed by atoms with Gasteiger partial charge in [0.15, 0.2) is 0 Å². The van der Waals surface area contributed by atoms with E-state index in [2.05, 4.69) is 9.71 Å². The van der Waals surface area contributed by atoms with Crippen molar-refractivity contribution < 1.29 is 30.6 Å². The molecule has 24 heavy (non-hydrogen) atoms. The summed E-state index contributed by atoms with van der Waals surface area (Å²) < 4.78 is 91.4. The van der Waals surface area contributed by atoms with Crippen LogP contribution < -0.4 is 4.72 Å². The Morgan fingerprint density at radius 1 is 1.12 bits per heavy atom. The Balaban J connectivity index is 3.37. The van der Waals surface area contributed by atoms with Crippen molar-refractivity contribution in [1.29, 1.82) is 0 Å². The molecule has 0 aromatic carbocycles. The molecule has 1 aromatic heterocycles. The van der Waals surface area contributed by atoms with Crippen LogP contribution in [0.3, 0.4) is 0 Å². The molecule has 0 aliphatic carbocycles. The van der Waals surface area contributed by atoms with Crippen molar-refractivity contribution in [2.75, 3.05) is 0 Å². The second kappa shape index (κ2) is 6.99. The molecule has 0 bridgehead atoms. The van der Waals surface area contributed by atoms with Gasteiger partial charge in [0.1, 0.15) is 5.69 Å². The molecule has 1 rings (SSSR count). The van der Waals surface area contributed by atoms with Gasteiger partial charge in [0.2, 0.25) is 0 Å². The summed E-state index contributed by atoms with van der Waals surface area (Å²) in [6, 6.07) is -1.06. The van der Waals surface area contributed by atoms with E-state index in [1.807, 2.05) is 0 Å². The lowest BCUT2D eigenvalue weighted by Crippen LogP contribution is -2.36. The van der Waals surface area contributed by atoms with E-state index in [1.165, 1.54) is 6.92 Å². The molecule has 0 saturated heterocycles. The molecule has 0 radical (unpaired) electrons. The lowest BCUT2D eigenvalue weighted by molar-refractivity contribution is -0.146. The number of hydrogen-bond donors (Lipinski definition) is 1. The van der Waals surface area contributed by atoms with Gasteiger partial charge in [-0.05, 0) is 33.3 Å². The number of nitrogens with one attached hydrogen (secondary N) is 1. The number of aromatic nitrogens is 1. The Morgan fingerprint density at radius 2 is 1.67 bits per heavy atom. The number of pyridine rings is 1. The van der Waals surface area contributed by atoms with Crippen molar-refractivity contribution in [3.05, 3.63) is 29.1 Å². The standard InChI is InChI=1S/C14H18F6N2OS/c1-5-10(22-24(23)12(2,3)4)8-7-21-11(14(18,19)20)6-9(8)13(15,16)17/h6-7,10,22H,5H2,1-4H3/t10-,24+/m1/s1. The number of alkyl halides is 6. The van der Waals surface area contributed by atoms with E-state index in [4.69, 9.17) is 0 Å². The van der Waals surface area contributed by atoms with Crippen LogP contribution in [0.4, 0.5) is 26.3 Å². The van der Waals surface area contributed by atoms with Gasteiger partial charge in [-0.3, -0.25) is 4.98 Å². The fourth-order valence-corrected chi connectivity index (χ4v) is 2.72. The quantitative estimate of drug-likeness (QED) is 0.779. The number of nitrogens with zero attached hydrogens (tertiary/aromatic N) is 1. The summed E-state index contributed by atoms with van der Waals surface area (Å²) >= 11 is 0. The minimum Gasteiger partial charge on any atom is -0.251 e. The third-order valence-corrected chi connectivity index (χ3v) is 4.73. The molecule has 1 N–H and O–H groups in total. The van der Waals surface area contributed by atoms with Crippen LogP contribution in [0, 0.1) is 0 Å². The normalized spacial score (nSPS) is 16.1. The maximum absolute atomic E-state index is 13.2. The zero-order valence-electron chi connectivity index (χ0n) is 13.5. The van der Waals surface area contributed by atoms with Gasteiger partial charge in [0, 0.05) is 17.8 Å². The monoisotopic (exact) mass is 376 g/mol. The summed E-state index contributed by atoms with van der Waals surface area (Å²) in [4.78, 5) is 3.10. The van der Waals surface area contributed by atoms with E-state index in [9.17, 15) is 30.6 Å². The van der Waals surface area contributed by atoms with Crippen molar-refractivity contribution in [3.8, 4) is 0 Å². The summed E-state index contributed by atoms with van der Waals surface area (Å²) in [6.07, 6.45) is -9.33. The van der Waals surface area contributed by atoms with Gasteiger partial charge in [-0.2, -0.15) is 26.3 Å². The summed E-state index contributed by atoms with van der Waals surface area (Å²) in [5.74, 6) is 0. The molecule has 1 aromatic rings. The summed E-state index contributed by atoms with van der Waals surface area (Å²) in [6.45, 7) is 6.41. The lowest BCUT2D eigenvalue weighted by atomic mass is 10.00. The molecular weight excluding hydrogens is 358 g/mol. The zero-order valence-corrected chi connectivity index (χ0v) is 14.3. The van der Waals surface area contributed by atoms with Gasteiger partial charge in [-0.25, -0.2) is 8.93 Å². The molecule has 138 valence electrons. The maximum atomic E-state index is 13.2. The van der Waals surface area contributed by atoms with Gasteiger partial charge >= 0.3 is 12.4 Å². The van der Waals surface area contributed by atoms with Crippen LogP contribution in [0.1, 0.15) is 57.0 Å². The zero-order chi connectivity index (χ0) is 18.9. The first kappa shape index (κ1) is 20.9. The van der Waals surface area contributed by atoms with Crippen LogP contribution in [0.15, 0.2) is 12.3 Å². The average molecular weight is 376 g/mol. The summed E-state index contributed by atoms with van der Waals surface area (Å²) in [5, 5.41) is 0. The third kappa shape index (κ3) is 5.17. The molecule has 0 saturated carbocycles. The summed E-state index contributed by atoms with van der Waals surface area (Å²) in [5.41, 5.74) is -3.52. The Kier molecular flexibility index (Phi) is 6.08. The highest BCUT2D eigenvalue weighted by Crippen LogP contribution is 2.38. The largest absolute Gasteiger partial charge is 0.433 e. The smallest absolute Gasteiger partial charge is 0.251 e. The molecule has 0 fully saturated rings. The van der Waals surface area contributed by atoms with Crippen LogP contribution in [0.25, 0.3) is 0 Å². The van der Waals surface area contributed by atoms with Crippen molar-refractivity contribution in [2.24, 2.45) is 0 Å². The van der Waals surface area contributed by atoms with E-state index >= 15 is 0 Å². The molecule has 2 atom stereocenters. The number of rotatable bonds is 4. The Labute approximate surface area is 138 Å². The van der Waals surface area contributed by atoms with Crippen molar-refractivity contribution in [1.82, 2.24) is 9.71 Å². The predicted octanol–water partition coefficient (Wildman–Crippen LogP) is 4.62. The third-order valence-electron chi connectivity index (χ3n) is 3.12. The van der Waals surface area contributed by atoms with Gasteiger partial charge in [-0.15, -0.1) is 0 Å². The molecule has 0 spiro atoms. The van der Waals surface area contributed by atoms with Crippen molar-refractivity contribution in [2.45, 2.75) is 57.3 Å². The minimum atomic E-state index is -4.99. The second-order valence-corrected chi connectivity index (χ2v) is 8.11. The fraction of sp³-hybridized carbons (Fsp3) is 0.643. The van der Waals surface area contributed by atoms with Gasteiger partial charge < -0.3 is 0 Å². The molecule has 10 heteroatoms. The van der Waals surface area contributed by atoms with Crippen molar-refractivity contribution >= 4 is 11.0 Å². The molecular formula is C14H18F6N2OS. The Bertz CT molecular complexity index is 607. The van der Waals surface area contributed by atoms with Crippen LogP contribution in [0.5, 0.6) is 0 Å². The molecule has 0 aliphatic rings. The first-order chi connectivity index (χ1) is 10.7. The molecule has 3 nitrogen and oxygen atoms in total. The minimum absolute atomic E-state index is 0.0142. The van der Waals surface area contributed by atoms with E-state index < -0.39 is 50.9 Å². The topological polar surface area (TPSA) is 42.0 Å². The van der Waals surface area contributed by atoms with Crippen LogP contribution in [0.2, 0.25) is 0 Å². The molecule has 0 amide bonds. The number of halogens is 6. The van der Waals surface area contributed by atoms with E-state index in [1.54, 1.807) is 20.8 Å². The molecule has 0 unspecified atom stereocenters. The van der Waals surface area contributed by atoms with Gasteiger partial charge in [0.05, 0.1) is 21.3 Å². The Morgan fingerprint density at radius 3 is 2.04 bits per heavy atom.